The van der Waals surface area contributed by atoms with Crippen molar-refractivity contribution in [1.29, 1.82) is 5.26 Å². The highest BCUT2D eigenvalue weighted by Crippen LogP contribution is 2.28. The van der Waals surface area contributed by atoms with Gasteiger partial charge in [0.2, 0.25) is 0 Å². The number of carbonyl (C=O) groups is 2. The predicted molar refractivity (Wildman–Crippen MR) is 67.7 cm³/mol. The molecule has 0 bridgehead atoms. The number of nitrogens with zero attached hydrogens (tertiary/aromatic N) is 1. The summed E-state index contributed by atoms with van der Waals surface area (Å²) in [5.74, 6) is -2.70. The summed E-state index contributed by atoms with van der Waals surface area (Å²) in [5.41, 5.74) is 1.25. The van der Waals surface area contributed by atoms with Gasteiger partial charge in [0.1, 0.15) is 11.7 Å². The topological polar surface area (TPSA) is 76.4 Å². The lowest BCUT2D eigenvalue weighted by molar-refractivity contribution is -0.153. The molecule has 0 fully saturated rings. The quantitative estimate of drug-likeness (QED) is 0.596. The van der Waals surface area contributed by atoms with Gasteiger partial charge in [0.05, 0.1) is 19.8 Å². The van der Waals surface area contributed by atoms with Crippen LogP contribution >= 0.6 is 0 Å². The van der Waals surface area contributed by atoms with E-state index in [1.54, 1.807) is 25.1 Å². The Hall–Kier alpha value is -2.35. The fourth-order valence-corrected chi connectivity index (χ4v) is 1.67. The second-order valence-electron chi connectivity index (χ2n) is 3.89. The minimum Gasteiger partial charge on any atom is -0.496 e. The van der Waals surface area contributed by atoms with E-state index in [-0.39, 0.29) is 6.61 Å². The summed E-state index contributed by atoms with van der Waals surface area (Å²) in [6.45, 7) is 3.51. The van der Waals surface area contributed by atoms with Gasteiger partial charge in [-0.05, 0) is 19.9 Å². The summed E-state index contributed by atoms with van der Waals surface area (Å²) < 4.78 is 9.75. The van der Waals surface area contributed by atoms with E-state index < -0.39 is 17.7 Å². The smallest absolute Gasteiger partial charge is 0.376 e. The molecule has 1 unspecified atom stereocenters. The lowest BCUT2D eigenvalue weighted by Gasteiger charge is -2.13. The number of rotatable bonds is 5. The maximum atomic E-state index is 11.9. The van der Waals surface area contributed by atoms with Crippen molar-refractivity contribution in [1.82, 2.24) is 0 Å². The first-order chi connectivity index (χ1) is 9.04. The average Bonchev–Trinajstić information content (AvgIpc) is 2.40. The SMILES string of the molecule is CCOC(=O)C(=O)C(C#N)c1cc(C)ccc1OC. The van der Waals surface area contributed by atoms with Crippen molar-refractivity contribution >= 4 is 11.8 Å². The number of carbonyl (C=O) groups excluding carboxylic acids is 2. The highest BCUT2D eigenvalue weighted by molar-refractivity contribution is 6.36. The van der Waals surface area contributed by atoms with Gasteiger partial charge in [0.15, 0.2) is 0 Å². The highest BCUT2D eigenvalue weighted by atomic mass is 16.5. The number of methoxy groups -OCH3 is 1. The van der Waals surface area contributed by atoms with Crippen LogP contribution in [0.25, 0.3) is 0 Å². The molecule has 5 heteroatoms. The molecule has 0 saturated heterocycles. The second-order valence-corrected chi connectivity index (χ2v) is 3.89. The Balaban J connectivity index is 3.17. The third-order valence-corrected chi connectivity index (χ3v) is 2.56. The lowest BCUT2D eigenvalue weighted by atomic mass is 9.94. The zero-order valence-corrected chi connectivity index (χ0v) is 11.1. The van der Waals surface area contributed by atoms with E-state index in [9.17, 15) is 9.59 Å². The van der Waals surface area contributed by atoms with E-state index in [4.69, 9.17) is 10.00 Å². The molecule has 0 saturated carbocycles. The maximum Gasteiger partial charge on any atom is 0.376 e. The summed E-state index contributed by atoms with van der Waals surface area (Å²) in [5, 5.41) is 9.14. The van der Waals surface area contributed by atoms with Crippen molar-refractivity contribution in [3.8, 4) is 11.8 Å². The molecule has 5 nitrogen and oxygen atoms in total. The number of ketones is 1. The highest BCUT2D eigenvalue weighted by Gasteiger charge is 2.30. The molecular formula is C14H15NO4. The lowest BCUT2D eigenvalue weighted by Crippen LogP contribution is -2.24. The number of ether oxygens (including phenoxy) is 2. The Morgan fingerprint density at radius 1 is 1.42 bits per heavy atom. The monoisotopic (exact) mass is 261 g/mol. The summed E-state index contributed by atoms with van der Waals surface area (Å²) in [7, 11) is 1.44. The molecular weight excluding hydrogens is 246 g/mol. The fourth-order valence-electron chi connectivity index (χ4n) is 1.67. The molecule has 1 rings (SSSR count). The third kappa shape index (κ3) is 3.32. The Labute approximate surface area is 111 Å². The molecule has 0 aliphatic heterocycles. The van der Waals surface area contributed by atoms with Crippen LogP contribution in [0.15, 0.2) is 18.2 Å². The molecule has 0 spiro atoms. The Morgan fingerprint density at radius 2 is 2.11 bits per heavy atom. The standard InChI is InChI=1S/C14H15NO4/c1-4-19-14(17)13(16)11(8-15)10-7-9(2)5-6-12(10)18-3/h5-7,11H,4H2,1-3H3. The zero-order chi connectivity index (χ0) is 14.4. The number of aryl methyl sites for hydroxylation is 1. The van der Waals surface area contributed by atoms with Crippen LogP contribution in [0.5, 0.6) is 5.75 Å². The average molecular weight is 261 g/mol. The molecule has 0 aliphatic carbocycles. The number of Topliss-reactive ketones (excluding diaryl/α,β-unsaturated/α-hetero) is 1. The van der Waals surface area contributed by atoms with Crippen LogP contribution in [-0.4, -0.2) is 25.5 Å². The van der Waals surface area contributed by atoms with Crippen LogP contribution in [0.2, 0.25) is 0 Å². The molecule has 0 radical (unpaired) electrons. The van der Waals surface area contributed by atoms with Crippen LogP contribution in [0.4, 0.5) is 0 Å². The summed E-state index contributed by atoms with van der Waals surface area (Å²) in [4.78, 5) is 23.3. The number of hydrogen-bond donors (Lipinski definition) is 0. The second kappa shape index (κ2) is 6.55. The van der Waals surface area contributed by atoms with Gasteiger partial charge in [-0.3, -0.25) is 4.79 Å². The van der Waals surface area contributed by atoms with Gasteiger partial charge >= 0.3 is 5.97 Å². The molecule has 0 aromatic heterocycles. The minimum atomic E-state index is -1.21. The van der Waals surface area contributed by atoms with Gasteiger partial charge in [-0.25, -0.2) is 4.79 Å². The van der Waals surface area contributed by atoms with E-state index in [1.807, 2.05) is 13.0 Å². The first kappa shape index (κ1) is 14.7. The molecule has 100 valence electrons. The van der Waals surface area contributed by atoms with Gasteiger partial charge in [-0.1, -0.05) is 17.7 Å². The van der Waals surface area contributed by atoms with E-state index in [0.29, 0.717) is 11.3 Å². The fraction of sp³-hybridized carbons (Fsp3) is 0.357. The van der Waals surface area contributed by atoms with Gasteiger partial charge in [-0.15, -0.1) is 0 Å². The van der Waals surface area contributed by atoms with Gasteiger partial charge in [-0.2, -0.15) is 5.26 Å². The van der Waals surface area contributed by atoms with E-state index in [2.05, 4.69) is 4.74 Å². The molecule has 0 N–H and O–H groups in total. The summed E-state index contributed by atoms with van der Waals surface area (Å²) in [6.07, 6.45) is 0. The number of nitriles is 1. The summed E-state index contributed by atoms with van der Waals surface area (Å²) in [6, 6.07) is 6.94. The maximum absolute atomic E-state index is 11.9. The molecule has 1 aromatic carbocycles. The minimum absolute atomic E-state index is 0.0909. The predicted octanol–water partition coefficient (Wildman–Crippen LogP) is 1.74. The number of esters is 1. The number of benzene rings is 1. The third-order valence-electron chi connectivity index (χ3n) is 2.56. The number of hydrogen-bond acceptors (Lipinski definition) is 5. The van der Waals surface area contributed by atoms with Gasteiger partial charge in [0, 0.05) is 5.56 Å². The van der Waals surface area contributed by atoms with Crippen molar-refractivity contribution in [2.75, 3.05) is 13.7 Å². The van der Waals surface area contributed by atoms with Crippen molar-refractivity contribution in [2.24, 2.45) is 0 Å². The van der Waals surface area contributed by atoms with E-state index in [0.717, 1.165) is 5.56 Å². The largest absolute Gasteiger partial charge is 0.496 e. The summed E-state index contributed by atoms with van der Waals surface area (Å²) >= 11 is 0. The Kier molecular flexibility index (Phi) is 5.07. The van der Waals surface area contributed by atoms with E-state index >= 15 is 0 Å². The molecule has 0 amide bonds. The van der Waals surface area contributed by atoms with Crippen LogP contribution in [0.1, 0.15) is 24.0 Å². The molecule has 1 aromatic rings. The van der Waals surface area contributed by atoms with Gasteiger partial charge < -0.3 is 9.47 Å². The van der Waals surface area contributed by atoms with E-state index in [1.165, 1.54) is 7.11 Å². The Morgan fingerprint density at radius 3 is 2.63 bits per heavy atom. The van der Waals surface area contributed by atoms with Crippen molar-refractivity contribution in [2.45, 2.75) is 19.8 Å². The molecule has 19 heavy (non-hydrogen) atoms. The van der Waals surface area contributed by atoms with Gasteiger partial charge in [0.25, 0.3) is 5.78 Å². The van der Waals surface area contributed by atoms with Crippen LogP contribution in [0, 0.1) is 18.3 Å². The van der Waals surface area contributed by atoms with Crippen molar-refractivity contribution in [3.05, 3.63) is 29.3 Å². The first-order valence-corrected chi connectivity index (χ1v) is 5.80. The molecule has 0 heterocycles. The normalized spacial score (nSPS) is 11.3. The van der Waals surface area contributed by atoms with Crippen molar-refractivity contribution in [3.63, 3.8) is 0 Å². The van der Waals surface area contributed by atoms with Crippen LogP contribution < -0.4 is 4.74 Å². The first-order valence-electron chi connectivity index (χ1n) is 5.80. The molecule has 0 aliphatic rings. The van der Waals surface area contributed by atoms with Crippen molar-refractivity contribution < 1.29 is 19.1 Å². The Bertz CT molecular complexity index is 531. The van der Waals surface area contributed by atoms with Crippen LogP contribution in [0.3, 0.4) is 0 Å². The zero-order valence-electron chi connectivity index (χ0n) is 11.1. The molecule has 1 atom stereocenters. The van der Waals surface area contributed by atoms with Crippen LogP contribution in [-0.2, 0) is 14.3 Å².